The topological polar surface area (TPSA) is 0 Å². The van der Waals surface area contributed by atoms with Gasteiger partial charge in [-0.15, -0.1) is 11.3 Å². The first-order chi connectivity index (χ1) is 8.72. The average Bonchev–Trinajstić information content (AvgIpc) is 2.82. The summed E-state index contributed by atoms with van der Waals surface area (Å²) in [6.45, 7) is 2.23. The van der Waals surface area contributed by atoms with Crippen LogP contribution in [0.5, 0.6) is 0 Å². The zero-order valence-electron chi connectivity index (χ0n) is 10.3. The van der Waals surface area contributed by atoms with Gasteiger partial charge in [0.2, 0.25) is 0 Å². The first-order valence-corrected chi connectivity index (χ1v) is 8.77. The van der Waals surface area contributed by atoms with E-state index in [0.717, 1.165) is 0 Å². The molecule has 18 heavy (non-hydrogen) atoms. The molecule has 0 bridgehead atoms. The van der Waals surface area contributed by atoms with E-state index in [4.69, 9.17) is 0 Å². The maximum atomic E-state index is 3.78. The SMILES string of the molecule is CCCCc1ccc(C(Br)c2sccc2Br)cc1. The molecule has 0 aliphatic rings. The first kappa shape index (κ1) is 14.3. The Hall–Kier alpha value is -0.120. The Morgan fingerprint density at radius 1 is 1.17 bits per heavy atom. The Morgan fingerprint density at radius 2 is 1.89 bits per heavy atom. The van der Waals surface area contributed by atoms with E-state index in [0.29, 0.717) is 0 Å². The van der Waals surface area contributed by atoms with Gasteiger partial charge in [0.1, 0.15) is 0 Å². The number of alkyl halides is 1. The molecule has 0 radical (unpaired) electrons. The van der Waals surface area contributed by atoms with Gasteiger partial charge in [0.15, 0.2) is 0 Å². The molecule has 1 heterocycles. The molecule has 0 saturated carbocycles. The molecule has 0 amide bonds. The third-order valence-electron chi connectivity index (χ3n) is 2.97. The van der Waals surface area contributed by atoms with Crippen molar-refractivity contribution in [2.24, 2.45) is 0 Å². The van der Waals surface area contributed by atoms with Crippen LogP contribution >= 0.6 is 43.2 Å². The number of aryl methyl sites for hydroxylation is 1. The van der Waals surface area contributed by atoms with Crippen molar-refractivity contribution in [3.63, 3.8) is 0 Å². The van der Waals surface area contributed by atoms with E-state index in [1.807, 2.05) is 0 Å². The molecule has 2 aromatic rings. The van der Waals surface area contributed by atoms with Gasteiger partial charge in [-0.1, -0.05) is 53.5 Å². The minimum Gasteiger partial charge on any atom is -0.146 e. The van der Waals surface area contributed by atoms with Crippen LogP contribution in [0.25, 0.3) is 0 Å². The van der Waals surface area contributed by atoms with Crippen LogP contribution in [0.3, 0.4) is 0 Å². The van der Waals surface area contributed by atoms with Crippen molar-refractivity contribution in [1.29, 1.82) is 0 Å². The van der Waals surface area contributed by atoms with Crippen molar-refractivity contribution in [1.82, 2.24) is 0 Å². The number of rotatable bonds is 5. The molecule has 1 unspecified atom stereocenters. The lowest BCUT2D eigenvalue weighted by Gasteiger charge is -2.10. The second-order valence-corrected chi connectivity index (χ2v) is 7.06. The summed E-state index contributed by atoms with van der Waals surface area (Å²) < 4.78 is 1.18. The number of thiophene rings is 1. The van der Waals surface area contributed by atoms with Gasteiger partial charge in [0, 0.05) is 9.35 Å². The quantitative estimate of drug-likeness (QED) is 0.525. The molecule has 0 nitrogen and oxygen atoms in total. The van der Waals surface area contributed by atoms with Crippen molar-refractivity contribution in [2.75, 3.05) is 0 Å². The number of unbranched alkanes of at least 4 members (excludes halogenated alkanes) is 1. The Morgan fingerprint density at radius 3 is 2.44 bits per heavy atom. The van der Waals surface area contributed by atoms with E-state index >= 15 is 0 Å². The normalized spacial score (nSPS) is 12.6. The van der Waals surface area contributed by atoms with Gasteiger partial charge in [-0.2, -0.15) is 0 Å². The molecule has 2 rings (SSSR count). The Bertz CT molecular complexity index is 487. The maximum absolute atomic E-state index is 3.78. The van der Waals surface area contributed by atoms with Crippen LogP contribution in [0.15, 0.2) is 40.2 Å². The van der Waals surface area contributed by atoms with Crippen LogP contribution in [0.1, 0.15) is 40.6 Å². The highest BCUT2D eigenvalue weighted by Crippen LogP contribution is 2.38. The summed E-state index contributed by atoms with van der Waals surface area (Å²) in [5.41, 5.74) is 2.75. The van der Waals surface area contributed by atoms with Crippen molar-refractivity contribution in [2.45, 2.75) is 31.0 Å². The fourth-order valence-electron chi connectivity index (χ4n) is 1.87. The predicted molar refractivity (Wildman–Crippen MR) is 87.8 cm³/mol. The highest BCUT2D eigenvalue weighted by molar-refractivity contribution is 9.11. The van der Waals surface area contributed by atoms with E-state index < -0.39 is 0 Å². The first-order valence-electron chi connectivity index (χ1n) is 6.18. The highest BCUT2D eigenvalue weighted by Gasteiger charge is 2.14. The van der Waals surface area contributed by atoms with Gasteiger partial charge in [-0.3, -0.25) is 0 Å². The summed E-state index contributed by atoms with van der Waals surface area (Å²) in [5, 5.41) is 2.11. The second kappa shape index (κ2) is 6.88. The van der Waals surface area contributed by atoms with Crippen molar-refractivity contribution < 1.29 is 0 Å². The Kier molecular flexibility index (Phi) is 5.46. The van der Waals surface area contributed by atoms with Crippen molar-refractivity contribution >= 4 is 43.2 Å². The highest BCUT2D eigenvalue weighted by atomic mass is 79.9. The molecule has 0 aliphatic carbocycles. The molecule has 0 N–H and O–H groups in total. The summed E-state index contributed by atoms with van der Waals surface area (Å²) in [6.07, 6.45) is 3.71. The zero-order chi connectivity index (χ0) is 13.0. The number of benzene rings is 1. The summed E-state index contributed by atoms with van der Waals surface area (Å²) in [4.78, 5) is 1.61. The lowest BCUT2D eigenvalue weighted by Crippen LogP contribution is -1.92. The largest absolute Gasteiger partial charge is 0.146 e. The fraction of sp³-hybridized carbons (Fsp3) is 0.333. The molecule has 1 aromatic heterocycles. The van der Waals surface area contributed by atoms with E-state index in [1.54, 1.807) is 11.3 Å². The van der Waals surface area contributed by atoms with Crippen molar-refractivity contribution in [3.05, 3.63) is 56.2 Å². The lowest BCUT2D eigenvalue weighted by molar-refractivity contribution is 0.795. The molecule has 0 spiro atoms. The predicted octanol–water partition coefficient (Wildman–Crippen LogP) is 6.34. The van der Waals surface area contributed by atoms with Crippen LogP contribution in [-0.2, 0) is 6.42 Å². The number of hydrogen-bond acceptors (Lipinski definition) is 1. The van der Waals surface area contributed by atoms with Gasteiger partial charge in [-0.05, 0) is 51.3 Å². The minimum absolute atomic E-state index is 0.284. The lowest BCUT2D eigenvalue weighted by atomic mass is 10.0. The molecule has 1 aromatic carbocycles. The number of halogens is 2. The van der Waals surface area contributed by atoms with Crippen molar-refractivity contribution in [3.8, 4) is 0 Å². The van der Waals surface area contributed by atoms with E-state index in [2.05, 4.69) is 74.5 Å². The maximum Gasteiger partial charge on any atom is 0.0749 e. The van der Waals surface area contributed by atoms with E-state index in [1.165, 1.54) is 39.7 Å². The molecular formula is C15H16Br2S. The average molecular weight is 388 g/mol. The van der Waals surface area contributed by atoms with Crippen LogP contribution in [0.4, 0.5) is 0 Å². The molecule has 0 saturated heterocycles. The van der Waals surface area contributed by atoms with Gasteiger partial charge in [0.25, 0.3) is 0 Å². The fourth-order valence-corrected chi connectivity index (χ4v) is 4.66. The number of hydrogen-bond donors (Lipinski definition) is 0. The van der Waals surface area contributed by atoms with Crippen LogP contribution in [0, 0.1) is 0 Å². The second-order valence-electron chi connectivity index (χ2n) is 4.34. The van der Waals surface area contributed by atoms with Crippen LogP contribution in [-0.4, -0.2) is 0 Å². The van der Waals surface area contributed by atoms with Gasteiger partial charge < -0.3 is 0 Å². The van der Waals surface area contributed by atoms with E-state index in [-0.39, 0.29) is 4.83 Å². The third-order valence-corrected chi connectivity index (χ3v) is 6.19. The summed E-state index contributed by atoms with van der Waals surface area (Å²) in [6, 6.07) is 11.1. The van der Waals surface area contributed by atoms with Gasteiger partial charge in [-0.25, -0.2) is 0 Å². The van der Waals surface area contributed by atoms with Gasteiger partial charge in [0.05, 0.1) is 4.83 Å². The summed E-state index contributed by atoms with van der Waals surface area (Å²) >= 11 is 9.15. The molecule has 1 atom stereocenters. The molecule has 96 valence electrons. The third kappa shape index (κ3) is 3.46. The van der Waals surface area contributed by atoms with Gasteiger partial charge >= 0.3 is 0 Å². The molecule has 0 aliphatic heterocycles. The van der Waals surface area contributed by atoms with Crippen LogP contribution < -0.4 is 0 Å². The zero-order valence-corrected chi connectivity index (χ0v) is 14.3. The van der Waals surface area contributed by atoms with E-state index in [9.17, 15) is 0 Å². The minimum atomic E-state index is 0.284. The summed E-state index contributed by atoms with van der Waals surface area (Å²) in [7, 11) is 0. The Labute approximate surface area is 130 Å². The summed E-state index contributed by atoms with van der Waals surface area (Å²) in [5.74, 6) is 0. The smallest absolute Gasteiger partial charge is 0.0749 e. The standard InChI is InChI=1S/C15H16Br2S/c1-2-3-4-11-5-7-12(8-6-11)14(17)15-13(16)9-10-18-15/h5-10,14H,2-4H2,1H3. The van der Waals surface area contributed by atoms with Crippen LogP contribution in [0.2, 0.25) is 0 Å². The molecule has 0 fully saturated rings. The molecular weight excluding hydrogens is 372 g/mol. The molecule has 3 heteroatoms. The Balaban J connectivity index is 2.12. The monoisotopic (exact) mass is 386 g/mol.